The Labute approximate surface area is 262 Å². The van der Waals surface area contributed by atoms with Gasteiger partial charge in [-0.1, -0.05) is 49.2 Å². The molecule has 2 aromatic carbocycles. The zero-order valence-electron chi connectivity index (χ0n) is 24.4. The Morgan fingerprint density at radius 1 is 0.956 bits per heavy atom. The topological polar surface area (TPSA) is 127 Å². The average molecular weight is 658 g/mol. The molecule has 3 amide bonds. The Bertz CT molecular complexity index is 1700. The van der Waals surface area contributed by atoms with Crippen molar-refractivity contribution in [1.82, 2.24) is 15.1 Å². The van der Waals surface area contributed by atoms with Crippen molar-refractivity contribution >= 4 is 46.7 Å². The third-order valence-corrected chi connectivity index (χ3v) is 12.2. The van der Waals surface area contributed by atoms with E-state index in [0.29, 0.717) is 48.4 Å². The van der Waals surface area contributed by atoms with Crippen LogP contribution < -0.4 is 5.32 Å². The predicted molar refractivity (Wildman–Crippen MR) is 164 cm³/mol. The fourth-order valence-corrected chi connectivity index (χ4v) is 9.16. The lowest BCUT2D eigenvalue weighted by Gasteiger charge is -2.36. The first-order chi connectivity index (χ1) is 21.4. The number of nitrogens with one attached hydrogen (secondary N) is 1. The normalized spacial score (nSPS) is 28.4. The van der Waals surface area contributed by atoms with Gasteiger partial charge in [-0.25, -0.2) is 0 Å². The summed E-state index contributed by atoms with van der Waals surface area (Å²) in [4.78, 5) is 63.2. The minimum absolute atomic E-state index is 0.0112. The first-order valence-corrected chi connectivity index (χ1v) is 17.8. The van der Waals surface area contributed by atoms with Crippen LogP contribution in [0.5, 0.6) is 0 Å². The van der Waals surface area contributed by atoms with Gasteiger partial charge in [-0.05, 0) is 72.6 Å². The van der Waals surface area contributed by atoms with Gasteiger partial charge in [0.1, 0.15) is 12.1 Å². The van der Waals surface area contributed by atoms with Crippen LogP contribution in [0, 0.1) is 11.8 Å². The summed E-state index contributed by atoms with van der Waals surface area (Å²) in [7, 11) is -5.74. The van der Waals surface area contributed by atoms with Crippen LogP contribution in [0.25, 0.3) is 10.1 Å². The van der Waals surface area contributed by atoms with Crippen LogP contribution in [0.2, 0.25) is 0 Å². The van der Waals surface area contributed by atoms with Gasteiger partial charge in [0.2, 0.25) is 11.8 Å². The smallest absolute Gasteiger partial charge is 0.340 e. The van der Waals surface area contributed by atoms with Crippen LogP contribution in [-0.2, 0) is 19.8 Å². The van der Waals surface area contributed by atoms with Gasteiger partial charge in [-0.2, -0.15) is 8.78 Å². The number of likely N-dealkylation sites (tertiary alicyclic amines) is 1. The van der Waals surface area contributed by atoms with Crippen molar-refractivity contribution in [2.24, 2.45) is 11.8 Å². The number of rotatable bonds is 6. The number of carbonyl (C=O) groups excluding carboxylic acids is 3. The molecule has 4 heterocycles. The lowest BCUT2D eigenvalue weighted by molar-refractivity contribution is -0.146. The molecule has 7 rings (SSSR count). The zero-order valence-corrected chi connectivity index (χ0v) is 26.1. The molecule has 45 heavy (non-hydrogen) atoms. The molecule has 3 aliphatic heterocycles. The van der Waals surface area contributed by atoms with Gasteiger partial charge in [-0.3, -0.25) is 18.9 Å². The van der Waals surface area contributed by atoms with E-state index in [2.05, 4.69) is 17.4 Å². The first kappa shape index (κ1) is 30.5. The summed E-state index contributed by atoms with van der Waals surface area (Å²) in [6.45, 7) is 1.39. The van der Waals surface area contributed by atoms with E-state index in [1.165, 1.54) is 17.7 Å². The summed E-state index contributed by atoms with van der Waals surface area (Å²) in [5.74, 6) is 0.567. The van der Waals surface area contributed by atoms with Gasteiger partial charge in [0.25, 0.3) is 5.91 Å². The number of thiophene rings is 1. The van der Waals surface area contributed by atoms with Crippen LogP contribution in [0.4, 0.5) is 8.78 Å². The fourth-order valence-electron chi connectivity index (χ4n) is 7.73. The third kappa shape index (κ3) is 5.39. The molecular weight excluding hydrogens is 623 g/mol. The lowest BCUT2D eigenvalue weighted by atomic mass is 9.99. The highest BCUT2D eigenvalue weighted by Crippen LogP contribution is 2.60. The average Bonchev–Trinajstić information content (AvgIpc) is 3.40. The molecule has 9 nitrogen and oxygen atoms in total. The van der Waals surface area contributed by atoms with E-state index in [9.17, 15) is 27.7 Å². The SMILES string of the molecule is O=C(N[C@H]1CCCC[C@H]2CC[C@@H](C(=O)N3C[C@@H]4C(c5ccccc5)[C@@H]4C3)N2C1=O)c1cc2cc(C(F)(F)P(=O)(O)O)ccc2s1. The Balaban J connectivity index is 1.05. The van der Waals surface area contributed by atoms with E-state index in [0.717, 1.165) is 49.2 Å². The number of hydrogen-bond acceptors (Lipinski definition) is 5. The van der Waals surface area contributed by atoms with Gasteiger partial charge in [0, 0.05) is 29.4 Å². The Kier molecular flexibility index (Phi) is 7.62. The molecule has 0 spiro atoms. The van der Waals surface area contributed by atoms with Crippen molar-refractivity contribution in [3.63, 3.8) is 0 Å². The fraction of sp³-hybridized carbons (Fsp3) is 0.469. The molecule has 3 N–H and O–H groups in total. The summed E-state index contributed by atoms with van der Waals surface area (Å²) in [6, 6.07) is 13.5. The maximum atomic E-state index is 14.3. The highest BCUT2D eigenvalue weighted by Gasteiger charge is 2.58. The number of amides is 3. The quantitative estimate of drug-likeness (QED) is 0.319. The number of fused-ring (bicyclic) bond motifs is 3. The number of halogens is 2. The van der Waals surface area contributed by atoms with Crippen LogP contribution in [-0.4, -0.2) is 68.5 Å². The minimum Gasteiger partial charge on any atom is -0.340 e. The van der Waals surface area contributed by atoms with Crippen LogP contribution >= 0.6 is 18.9 Å². The van der Waals surface area contributed by atoms with E-state index in [4.69, 9.17) is 9.79 Å². The van der Waals surface area contributed by atoms with Crippen LogP contribution in [0.3, 0.4) is 0 Å². The van der Waals surface area contributed by atoms with Crippen LogP contribution in [0.1, 0.15) is 65.2 Å². The molecule has 4 fully saturated rings. The molecule has 1 aliphatic carbocycles. The van der Waals surface area contributed by atoms with Crippen molar-refractivity contribution < 1.29 is 37.5 Å². The highest BCUT2D eigenvalue weighted by molar-refractivity contribution is 7.52. The van der Waals surface area contributed by atoms with Crippen molar-refractivity contribution in [2.75, 3.05) is 13.1 Å². The maximum Gasteiger partial charge on any atom is 0.399 e. The minimum atomic E-state index is -5.74. The summed E-state index contributed by atoms with van der Waals surface area (Å²) in [5, 5.41) is 3.08. The van der Waals surface area contributed by atoms with Gasteiger partial charge in [-0.15, -0.1) is 11.3 Å². The van der Waals surface area contributed by atoms with Gasteiger partial charge in [0.15, 0.2) is 0 Å². The number of alkyl halides is 2. The molecule has 3 saturated heterocycles. The second kappa shape index (κ2) is 11.3. The van der Waals surface area contributed by atoms with Crippen LogP contribution in [0.15, 0.2) is 54.6 Å². The standard InChI is InChI=1S/C32H34F2N3O6PS/c33-32(34,44(41,42)43)20-10-13-26-19(14-20)15-27(45-26)29(38)35-24-9-5-4-8-21-11-12-25(37(21)30(24)39)31(40)36-16-22-23(17-36)28(22)18-6-2-1-3-7-18/h1-3,6-7,10,13-15,21-25,28H,4-5,8-9,11-12,16-17H2,(H,35,38)(H2,41,42,43)/t21-,22-,23+,24-,25-,28?/m0/s1. The van der Waals surface area contributed by atoms with Gasteiger partial charge in [0.05, 0.1) is 4.88 Å². The number of hydrogen-bond donors (Lipinski definition) is 3. The van der Waals surface area contributed by atoms with E-state index < -0.39 is 36.8 Å². The Morgan fingerprint density at radius 3 is 2.38 bits per heavy atom. The Hall–Kier alpha value is -3.18. The van der Waals surface area contributed by atoms with Crippen molar-refractivity contribution in [1.29, 1.82) is 0 Å². The third-order valence-electron chi connectivity index (χ3n) is 10.1. The molecular formula is C32H34F2N3O6PS. The molecule has 6 atom stereocenters. The highest BCUT2D eigenvalue weighted by atomic mass is 32.1. The molecule has 0 bridgehead atoms. The molecule has 4 aliphatic rings. The number of piperidine rings is 1. The van der Waals surface area contributed by atoms with Gasteiger partial charge >= 0.3 is 13.3 Å². The largest absolute Gasteiger partial charge is 0.399 e. The first-order valence-electron chi connectivity index (χ1n) is 15.4. The van der Waals surface area contributed by atoms with Crippen molar-refractivity contribution in [3.05, 3.63) is 70.6 Å². The maximum absolute atomic E-state index is 14.3. The zero-order chi connectivity index (χ0) is 31.7. The summed E-state index contributed by atoms with van der Waals surface area (Å²) in [5.41, 5.74) is -3.89. The molecule has 13 heteroatoms. The second-order valence-electron chi connectivity index (χ2n) is 12.8. The lowest BCUT2D eigenvalue weighted by Crippen LogP contribution is -2.56. The molecule has 238 valence electrons. The molecule has 1 unspecified atom stereocenters. The molecule has 0 radical (unpaired) electrons. The summed E-state index contributed by atoms with van der Waals surface area (Å²) < 4.78 is 40.4. The second-order valence-corrected chi connectivity index (χ2v) is 15.5. The molecule has 1 aromatic heterocycles. The number of carbonyl (C=O) groups is 3. The van der Waals surface area contributed by atoms with E-state index >= 15 is 0 Å². The van der Waals surface area contributed by atoms with Crippen molar-refractivity contribution in [2.45, 2.75) is 68.2 Å². The van der Waals surface area contributed by atoms with E-state index in [-0.39, 0.29) is 28.1 Å². The number of nitrogens with zero attached hydrogens (tertiary/aromatic N) is 2. The molecule has 3 aromatic rings. The van der Waals surface area contributed by atoms with Gasteiger partial charge < -0.3 is 24.9 Å². The summed E-state index contributed by atoms with van der Waals surface area (Å²) in [6.07, 6.45) is 4.19. The predicted octanol–water partition coefficient (Wildman–Crippen LogP) is 5.03. The summed E-state index contributed by atoms with van der Waals surface area (Å²) >= 11 is 1.04. The van der Waals surface area contributed by atoms with Crippen molar-refractivity contribution in [3.8, 4) is 0 Å². The van der Waals surface area contributed by atoms with E-state index in [1.807, 2.05) is 23.1 Å². The Morgan fingerprint density at radius 2 is 1.67 bits per heavy atom. The number of benzene rings is 2. The monoisotopic (exact) mass is 657 g/mol. The molecule has 1 saturated carbocycles. The van der Waals surface area contributed by atoms with E-state index in [1.54, 1.807) is 4.90 Å².